The number of amides is 2. The number of pyridine rings is 1. The first-order valence-electron chi connectivity index (χ1n) is 6.58. The number of hydrogen-bond donors (Lipinski definition) is 1. The molecule has 0 aliphatic rings. The average molecular weight is 279 g/mol. The molecule has 20 heavy (non-hydrogen) atoms. The summed E-state index contributed by atoms with van der Waals surface area (Å²) >= 11 is 0. The largest absolute Gasteiger partial charge is 0.481 e. The van der Waals surface area contributed by atoms with E-state index in [0.717, 1.165) is 11.4 Å². The van der Waals surface area contributed by atoms with Crippen molar-refractivity contribution in [2.75, 3.05) is 20.1 Å². The Labute approximate surface area is 119 Å². The molecule has 0 saturated heterocycles. The fraction of sp³-hybridized carbons (Fsp3) is 0.500. The third kappa shape index (κ3) is 4.87. The third-order valence-corrected chi connectivity index (χ3v) is 2.92. The van der Waals surface area contributed by atoms with E-state index in [1.807, 2.05) is 32.0 Å². The van der Waals surface area contributed by atoms with Crippen molar-refractivity contribution in [3.05, 3.63) is 29.6 Å². The van der Waals surface area contributed by atoms with Crippen molar-refractivity contribution in [1.29, 1.82) is 0 Å². The predicted molar refractivity (Wildman–Crippen MR) is 75.3 cm³/mol. The number of urea groups is 1. The van der Waals surface area contributed by atoms with Crippen LogP contribution < -0.4 is 0 Å². The number of aryl methyl sites for hydroxylation is 1. The number of carboxylic acid groups (broad SMARTS) is 1. The van der Waals surface area contributed by atoms with Crippen molar-refractivity contribution in [3.8, 4) is 0 Å². The van der Waals surface area contributed by atoms with Gasteiger partial charge >= 0.3 is 12.0 Å². The second-order valence-corrected chi connectivity index (χ2v) is 4.63. The molecule has 2 amide bonds. The van der Waals surface area contributed by atoms with Gasteiger partial charge in [-0.15, -0.1) is 0 Å². The van der Waals surface area contributed by atoms with Crippen LogP contribution in [0.4, 0.5) is 4.79 Å². The van der Waals surface area contributed by atoms with Crippen LogP contribution >= 0.6 is 0 Å². The van der Waals surface area contributed by atoms with Gasteiger partial charge in [0.25, 0.3) is 0 Å². The van der Waals surface area contributed by atoms with Gasteiger partial charge in [-0.05, 0) is 26.0 Å². The molecule has 0 saturated carbocycles. The quantitative estimate of drug-likeness (QED) is 0.860. The molecule has 1 aromatic rings. The van der Waals surface area contributed by atoms with Crippen LogP contribution in [0.1, 0.15) is 24.7 Å². The number of nitrogens with zero attached hydrogens (tertiary/aromatic N) is 3. The van der Waals surface area contributed by atoms with Crippen molar-refractivity contribution in [2.45, 2.75) is 26.8 Å². The summed E-state index contributed by atoms with van der Waals surface area (Å²) in [4.78, 5) is 30.2. The lowest BCUT2D eigenvalue weighted by Crippen LogP contribution is -2.41. The van der Waals surface area contributed by atoms with E-state index in [-0.39, 0.29) is 19.0 Å². The van der Waals surface area contributed by atoms with Gasteiger partial charge in [0.2, 0.25) is 0 Å². The molecule has 0 spiro atoms. The Morgan fingerprint density at radius 2 is 2.05 bits per heavy atom. The van der Waals surface area contributed by atoms with Crippen molar-refractivity contribution < 1.29 is 14.7 Å². The Kier molecular flexibility index (Phi) is 5.96. The molecule has 1 aromatic heterocycles. The summed E-state index contributed by atoms with van der Waals surface area (Å²) in [6, 6.07) is 5.48. The molecule has 1 rings (SSSR count). The van der Waals surface area contributed by atoms with Gasteiger partial charge in [0.15, 0.2) is 0 Å². The number of aromatic nitrogens is 1. The van der Waals surface area contributed by atoms with E-state index in [1.165, 1.54) is 4.90 Å². The maximum Gasteiger partial charge on any atom is 0.320 e. The van der Waals surface area contributed by atoms with Gasteiger partial charge in [-0.25, -0.2) is 4.79 Å². The van der Waals surface area contributed by atoms with E-state index in [2.05, 4.69) is 4.98 Å². The molecule has 0 aromatic carbocycles. The molecule has 6 heteroatoms. The SMILES string of the molecule is CCN(CCC(=O)O)C(=O)N(C)Cc1cccc(C)n1. The van der Waals surface area contributed by atoms with Gasteiger partial charge in [0, 0.05) is 25.8 Å². The van der Waals surface area contributed by atoms with Crippen molar-refractivity contribution in [1.82, 2.24) is 14.8 Å². The minimum Gasteiger partial charge on any atom is -0.481 e. The zero-order chi connectivity index (χ0) is 15.1. The highest BCUT2D eigenvalue weighted by Gasteiger charge is 2.17. The molecule has 0 radical (unpaired) electrons. The summed E-state index contributed by atoms with van der Waals surface area (Å²) in [5, 5.41) is 8.68. The van der Waals surface area contributed by atoms with Crippen LogP contribution in [0.3, 0.4) is 0 Å². The molecule has 0 aliphatic carbocycles. The molecule has 0 atom stereocenters. The van der Waals surface area contributed by atoms with E-state index in [0.29, 0.717) is 13.1 Å². The zero-order valence-electron chi connectivity index (χ0n) is 12.2. The van der Waals surface area contributed by atoms with Crippen LogP contribution in [-0.4, -0.2) is 52.0 Å². The monoisotopic (exact) mass is 279 g/mol. The first-order valence-corrected chi connectivity index (χ1v) is 6.58. The highest BCUT2D eigenvalue weighted by atomic mass is 16.4. The maximum atomic E-state index is 12.2. The zero-order valence-corrected chi connectivity index (χ0v) is 12.2. The van der Waals surface area contributed by atoms with Gasteiger partial charge in [-0.1, -0.05) is 6.07 Å². The van der Waals surface area contributed by atoms with Gasteiger partial charge in [-0.3, -0.25) is 9.78 Å². The third-order valence-electron chi connectivity index (χ3n) is 2.92. The minimum absolute atomic E-state index is 0.0455. The van der Waals surface area contributed by atoms with Crippen LogP contribution in [0.15, 0.2) is 18.2 Å². The Bertz CT molecular complexity index is 476. The van der Waals surface area contributed by atoms with Crippen molar-refractivity contribution in [3.63, 3.8) is 0 Å². The van der Waals surface area contributed by atoms with Gasteiger partial charge < -0.3 is 14.9 Å². The first-order chi connectivity index (χ1) is 9.43. The predicted octanol–water partition coefficient (Wildman–Crippen LogP) is 1.74. The fourth-order valence-electron chi connectivity index (χ4n) is 1.86. The lowest BCUT2D eigenvalue weighted by atomic mass is 10.3. The number of carbonyl (C=O) groups excluding carboxylic acids is 1. The van der Waals surface area contributed by atoms with E-state index in [4.69, 9.17) is 5.11 Å². The minimum atomic E-state index is -0.903. The second kappa shape index (κ2) is 7.47. The van der Waals surface area contributed by atoms with Crippen LogP contribution in [-0.2, 0) is 11.3 Å². The Hall–Kier alpha value is -2.11. The molecule has 110 valence electrons. The first kappa shape index (κ1) is 15.9. The van der Waals surface area contributed by atoms with Crippen LogP contribution in [0.5, 0.6) is 0 Å². The number of rotatable bonds is 6. The molecule has 1 N–H and O–H groups in total. The molecular formula is C14H21N3O3. The number of carbonyl (C=O) groups is 2. The Balaban J connectivity index is 2.62. The highest BCUT2D eigenvalue weighted by Crippen LogP contribution is 2.05. The summed E-state index contributed by atoms with van der Waals surface area (Å²) < 4.78 is 0. The fourth-order valence-corrected chi connectivity index (χ4v) is 1.86. The Morgan fingerprint density at radius 1 is 1.35 bits per heavy atom. The standard InChI is InChI=1S/C14H21N3O3/c1-4-17(9-8-13(18)19)14(20)16(3)10-12-7-5-6-11(2)15-12/h5-7H,4,8-10H2,1-3H3,(H,18,19). The topological polar surface area (TPSA) is 73.7 Å². The lowest BCUT2D eigenvalue weighted by molar-refractivity contribution is -0.137. The van der Waals surface area contributed by atoms with Gasteiger partial charge in [0.1, 0.15) is 0 Å². The normalized spacial score (nSPS) is 10.2. The molecule has 0 unspecified atom stereocenters. The van der Waals surface area contributed by atoms with Gasteiger partial charge in [0.05, 0.1) is 18.7 Å². The maximum absolute atomic E-state index is 12.2. The van der Waals surface area contributed by atoms with Crippen molar-refractivity contribution >= 4 is 12.0 Å². The molecule has 0 fully saturated rings. The average Bonchev–Trinajstić information content (AvgIpc) is 2.38. The van der Waals surface area contributed by atoms with E-state index in [9.17, 15) is 9.59 Å². The summed E-state index contributed by atoms with van der Waals surface area (Å²) in [6.45, 7) is 4.84. The molecule has 0 bridgehead atoms. The molecule has 6 nitrogen and oxygen atoms in total. The van der Waals surface area contributed by atoms with Crippen LogP contribution in [0.2, 0.25) is 0 Å². The van der Waals surface area contributed by atoms with E-state index in [1.54, 1.807) is 11.9 Å². The summed E-state index contributed by atoms with van der Waals surface area (Å²) in [6.07, 6.45) is -0.0455. The molecular weight excluding hydrogens is 258 g/mol. The summed E-state index contributed by atoms with van der Waals surface area (Å²) in [5.41, 5.74) is 1.72. The van der Waals surface area contributed by atoms with Gasteiger partial charge in [-0.2, -0.15) is 0 Å². The van der Waals surface area contributed by atoms with Crippen LogP contribution in [0.25, 0.3) is 0 Å². The number of hydrogen-bond acceptors (Lipinski definition) is 3. The number of aliphatic carboxylic acids is 1. The number of carboxylic acids is 1. The lowest BCUT2D eigenvalue weighted by Gasteiger charge is -2.26. The smallest absolute Gasteiger partial charge is 0.320 e. The van der Waals surface area contributed by atoms with E-state index < -0.39 is 5.97 Å². The molecule has 0 aliphatic heterocycles. The summed E-state index contributed by atoms with van der Waals surface area (Å²) in [5.74, 6) is -0.903. The van der Waals surface area contributed by atoms with Crippen molar-refractivity contribution in [2.24, 2.45) is 0 Å². The second-order valence-electron chi connectivity index (χ2n) is 4.63. The summed E-state index contributed by atoms with van der Waals surface area (Å²) in [7, 11) is 1.69. The van der Waals surface area contributed by atoms with E-state index >= 15 is 0 Å². The Morgan fingerprint density at radius 3 is 2.60 bits per heavy atom. The molecule has 1 heterocycles. The highest BCUT2D eigenvalue weighted by molar-refractivity contribution is 5.75. The van der Waals surface area contributed by atoms with Crippen LogP contribution in [0, 0.1) is 6.92 Å².